The van der Waals surface area contributed by atoms with Crippen molar-refractivity contribution in [1.29, 1.82) is 0 Å². The fourth-order valence-electron chi connectivity index (χ4n) is 2.20. The summed E-state index contributed by atoms with van der Waals surface area (Å²) in [6, 6.07) is 1.88. The minimum Gasteiger partial charge on any atom is -0.349 e. The zero-order valence-corrected chi connectivity index (χ0v) is 11.3. The van der Waals surface area contributed by atoms with Gasteiger partial charge in [-0.05, 0) is 25.5 Å². The summed E-state index contributed by atoms with van der Waals surface area (Å²) in [5.74, 6) is -0.122. The molecule has 0 radical (unpaired) electrons. The van der Waals surface area contributed by atoms with E-state index < -0.39 is 0 Å². The van der Waals surface area contributed by atoms with Crippen molar-refractivity contribution in [3.05, 3.63) is 29.0 Å². The lowest BCUT2D eigenvalue weighted by Crippen LogP contribution is -2.44. The summed E-state index contributed by atoms with van der Waals surface area (Å²) in [6.45, 7) is 5.33. The maximum absolute atomic E-state index is 12.0. The van der Waals surface area contributed by atoms with E-state index in [0.29, 0.717) is 10.6 Å². The molecule has 0 unspecified atom stereocenters. The van der Waals surface area contributed by atoms with E-state index >= 15 is 0 Å². The average molecular weight is 268 g/mol. The second kappa shape index (κ2) is 6.16. The summed E-state index contributed by atoms with van der Waals surface area (Å²) in [5, 5.41) is 3.48. The van der Waals surface area contributed by atoms with Crippen molar-refractivity contribution in [2.45, 2.75) is 25.8 Å². The number of nitrogens with zero attached hydrogens (tertiary/aromatic N) is 2. The highest BCUT2D eigenvalue weighted by Gasteiger charge is 2.21. The summed E-state index contributed by atoms with van der Waals surface area (Å²) in [6.07, 6.45) is 5.09. The van der Waals surface area contributed by atoms with Gasteiger partial charge in [-0.3, -0.25) is 9.78 Å². The molecule has 0 atom stereocenters. The number of halogens is 1. The third kappa shape index (κ3) is 3.21. The first-order valence-electron chi connectivity index (χ1n) is 6.33. The lowest BCUT2D eigenvalue weighted by Gasteiger charge is -2.31. The van der Waals surface area contributed by atoms with Crippen LogP contribution in [0.4, 0.5) is 0 Å². The number of carbonyl (C=O) groups is 1. The van der Waals surface area contributed by atoms with Crippen molar-refractivity contribution >= 4 is 17.5 Å². The van der Waals surface area contributed by atoms with Crippen molar-refractivity contribution in [3.63, 3.8) is 0 Å². The summed E-state index contributed by atoms with van der Waals surface area (Å²) >= 11 is 5.97. The van der Waals surface area contributed by atoms with Gasteiger partial charge in [0.1, 0.15) is 0 Å². The van der Waals surface area contributed by atoms with E-state index in [4.69, 9.17) is 11.6 Å². The molecule has 2 rings (SSSR count). The number of pyridine rings is 1. The first-order valence-corrected chi connectivity index (χ1v) is 6.71. The number of piperidine rings is 1. The van der Waals surface area contributed by atoms with E-state index in [9.17, 15) is 4.79 Å². The van der Waals surface area contributed by atoms with Crippen LogP contribution in [-0.2, 0) is 0 Å². The predicted octanol–water partition coefficient (Wildman–Crippen LogP) is 1.95. The van der Waals surface area contributed by atoms with Gasteiger partial charge in [0.05, 0.1) is 10.6 Å². The second-order valence-electron chi connectivity index (χ2n) is 4.54. The van der Waals surface area contributed by atoms with Gasteiger partial charge in [0.25, 0.3) is 5.91 Å². The van der Waals surface area contributed by atoms with Gasteiger partial charge in [-0.2, -0.15) is 0 Å². The molecule has 1 aromatic heterocycles. The van der Waals surface area contributed by atoms with Crippen molar-refractivity contribution in [2.24, 2.45) is 0 Å². The number of likely N-dealkylation sites (tertiary alicyclic amines) is 1. The molecule has 0 spiro atoms. The smallest absolute Gasteiger partial charge is 0.254 e. The van der Waals surface area contributed by atoms with E-state index in [0.717, 1.165) is 32.5 Å². The number of carbonyl (C=O) groups excluding carboxylic acids is 1. The topological polar surface area (TPSA) is 45.2 Å². The number of rotatable bonds is 3. The molecular weight excluding hydrogens is 250 g/mol. The molecule has 0 aliphatic carbocycles. The fraction of sp³-hybridized carbons (Fsp3) is 0.538. The first kappa shape index (κ1) is 13.3. The van der Waals surface area contributed by atoms with Crippen LogP contribution < -0.4 is 5.32 Å². The Bertz CT molecular complexity index is 416. The van der Waals surface area contributed by atoms with Gasteiger partial charge in [0, 0.05) is 31.5 Å². The Morgan fingerprint density at radius 1 is 1.56 bits per heavy atom. The molecule has 1 saturated heterocycles. The fourth-order valence-corrected chi connectivity index (χ4v) is 2.39. The minimum absolute atomic E-state index is 0.122. The molecule has 18 heavy (non-hydrogen) atoms. The average Bonchev–Trinajstić information content (AvgIpc) is 2.40. The zero-order valence-electron chi connectivity index (χ0n) is 10.5. The molecule has 1 aliphatic heterocycles. The molecule has 1 aliphatic rings. The van der Waals surface area contributed by atoms with Crippen LogP contribution in [0.2, 0.25) is 5.02 Å². The van der Waals surface area contributed by atoms with Crippen LogP contribution in [-0.4, -0.2) is 41.5 Å². The Labute approximate surface area is 112 Å². The van der Waals surface area contributed by atoms with Gasteiger partial charge >= 0.3 is 0 Å². The van der Waals surface area contributed by atoms with Crippen LogP contribution in [0.3, 0.4) is 0 Å². The van der Waals surface area contributed by atoms with E-state index in [1.54, 1.807) is 12.3 Å². The predicted molar refractivity (Wildman–Crippen MR) is 71.8 cm³/mol. The molecular formula is C13H18ClN3O. The SMILES string of the molecule is CCN1CCC(NC(=O)c2cnccc2Cl)CC1. The van der Waals surface area contributed by atoms with Crippen LogP contribution in [0.25, 0.3) is 0 Å². The third-order valence-electron chi connectivity index (χ3n) is 3.38. The monoisotopic (exact) mass is 267 g/mol. The first-order chi connectivity index (χ1) is 8.70. The molecule has 2 heterocycles. The quantitative estimate of drug-likeness (QED) is 0.911. The molecule has 1 fully saturated rings. The Hall–Kier alpha value is -1.13. The Morgan fingerprint density at radius 2 is 2.28 bits per heavy atom. The van der Waals surface area contributed by atoms with Crippen LogP contribution in [0.5, 0.6) is 0 Å². The lowest BCUT2D eigenvalue weighted by atomic mass is 10.0. The number of hydrogen-bond acceptors (Lipinski definition) is 3. The minimum atomic E-state index is -0.122. The third-order valence-corrected chi connectivity index (χ3v) is 3.71. The molecule has 4 nitrogen and oxygen atoms in total. The molecule has 1 N–H and O–H groups in total. The molecule has 5 heteroatoms. The lowest BCUT2D eigenvalue weighted by molar-refractivity contribution is 0.0912. The molecule has 98 valence electrons. The van der Waals surface area contributed by atoms with Gasteiger partial charge in [-0.15, -0.1) is 0 Å². The second-order valence-corrected chi connectivity index (χ2v) is 4.94. The van der Waals surface area contributed by atoms with E-state index in [-0.39, 0.29) is 11.9 Å². The van der Waals surface area contributed by atoms with Gasteiger partial charge in [0.2, 0.25) is 0 Å². The van der Waals surface area contributed by atoms with Crippen molar-refractivity contribution in [1.82, 2.24) is 15.2 Å². The Morgan fingerprint density at radius 3 is 2.89 bits per heavy atom. The Kier molecular flexibility index (Phi) is 4.55. The summed E-state index contributed by atoms with van der Waals surface area (Å²) in [4.78, 5) is 18.4. The standard InChI is InChI=1S/C13H18ClN3O/c1-2-17-7-4-10(5-8-17)16-13(18)11-9-15-6-3-12(11)14/h3,6,9-10H,2,4-5,7-8H2,1H3,(H,16,18). The van der Waals surface area contributed by atoms with Gasteiger partial charge in [0.15, 0.2) is 0 Å². The molecule has 0 bridgehead atoms. The maximum atomic E-state index is 12.0. The highest BCUT2D eigenvalue weighted by atomic mass is 35.5. The molecule has 1 amide bonds. The number of amides is 1. The van der Waals surface area contributed by atoms with Crippen LogP contribution >= 0.6 is 11.6 Å². The van der Waals surface area contributed by atoms with Crippen LogP contribution in [0, 0.1) is 0 Å². The van der Waals surface area contributed by atoms with Crippen LogP contribution in [0.1, 0.15) is 30.1 Å². The number of hydrogen-bond donors (Lipinski definition) is 1. The van der Waals surface area contributed by atoms with E-state index in [2.05, 4.69) is 22.1 Å². The van der Waals surface area contributed by atoms with Crippen LogP contribution in [0.15, 0.2) is 18.5 Å². The van der Waals surface area contributed by atoms with Crippen molar-refractivity contribution in [2.75, 3.05) is 19.6 Å². The van der Waals surface area contributed by atoms with Crippen molar-refractivity contribution < 1.29 is 4.79 Å². The molecule has 1 aromatic rings. The van der Waals surface area contributed by atoms with E-state index in [1.807, 2.05) is 0 Å². The van der Waals surface area contributed by atoms with Crippen molar-refractivity contribution in [3.8, 4) is 0 Å². The molecule has 0 aromatic carbocycles. The van der Waals surface area contributed by atoms with Gasteiger partial charge < -0.3 is 10.2 Å². The Balaban J connectivity index is 1.91. The highest BCUT2D eigenvalue weighted by Crippen LogP contribution is 2.15. The van der Waals surface area contributed by atoms with Gasteiger partial charge in [-0.1, -0.05) is 18.5 Å². The summed E-state index contributed by atoms with van der Waals surface area (Å²) < 4.78 is 0. The number of nitrogens with one attached hydrogen (secondary N) is 1. The number of aromatic nitrogens is 1. The highest BCUT2D eigenvalue weighted by molar-refractivity contribution is 6.33. The largest absolute Gasteiger partial charge is 0.349 e. The molecule has 0 saturated carbocycles. The van der Waals surface area contributed by atoms with E-state index in [1.165, 1.54) is 6.20 Å². The zero-order chi connectivity index (χ0) is 13.0. The normalized spacial score (nSPS) is 17.7. The van der Waals surface area contributed by atoms with Gasteiger partial charge in [-0.25, -0.2) is 0 Å². The summed E-state index contributed by atoms with van der Waals surface area (Å²) in [5.41, 5.74) is 0.456. The summed E-state index contributed by atoms with van der Waals surface area (Å²) in [7, 11) is 0. The maximum Gasteiger partial charge on any atom is 0.254 e.